The van der Waals surface area contributed by atoms with Gasteiger partial charge in [0.15, 0.2) is 0 Å². The predicted molar refractivity (Wildman–Crippen MR) is 196 cm³/mol. The van der Waals surface area contributed by atoms with Crippen LogP contribution in [0.5, 0.6) is 0 Å². The van der Waals surface area contributed by atoms with Gasteiger partial charge < -0.3 is 15.4 Å². The molecule has 0 saturated carbocycles. The van der Waals surface area contributed by atoms with E-state index < -0.39 is 11.9 Å². The molecule has 0 aliphatic carbocycles. The Morgan fingerprint density at radius 3 is 2.59 bits per heavy atom. The van der Waals surface area contributed by atoms with Crippen molar-refractivity contribution in [3.8, 4) is 6.07 Å². The Kier molecular flexibility index (Phi) is 11.4. The predicted octanol–water partition coefficient (Wildman–Crippen LogP) is 9.18. The van der Waals surface area contributed by atoms with Crippen LogP contribution >= 0.6 is 23.2 Å². The quantitative estimate of drug-likeness (QED) is 0.149. The van der Waals surface area contributed by atoms with E-state index in [1.54, 1.807) is 19.2 Å². The van der Waals surface area contributed by atoms with Crippen molar-refractivity contribution >= 4 is 51.2 Å². The Hall–Kier alpha value is -4.27. The molecule has 256 valence electrons. The first kappa shape index (κ1) is 36.0. The molecule has 0 bridgehead atoms. The summed E-state index contributed by atoms with van der Waals surface area (Å²) in [6, 6.07) is 9.86. The molecule has 49 heavy (non-hydrogen) atoms. The standard InChI is InChI=1S/C37H41Cl2FN8O/c1-23(22-49-6)8-7-9-24(2)34(33-21-48(46-45-33)28-12-14-47(15-13-28)37(3,4)5)44-27-16-29-35(43-26-10-11-32(40)30(38)17-26)25(19-41)20-42-36(29)31(39)18-27/h7-11,16-18,20-21,28,34,44H,2,12-15,22H2,1,3-6H3,(H,42,43)/b9-7-,23-8+/t34-/m0/s1. The van der Waals surface area contributed by atoms with Crippen LogP contribution < -0.4 is 10.6 Å². The fourth-order valence-corrected chi connectivity index (χ4v) is 6.36. The number of anilines is 3. The highest BCUT2D eigenvalue weighted by molar-refractivity contribution is 6.36. The van der Waals surface area contributed by atoms with Crippen LogP contribution in [0.4, 0.5) is 21.5 Å². The molecule has 1 aliphatic rings. The minimum Gasteiger partial charge on any atom is -0.380 e. The summed E-state index contributed by atoms with van der Waals surface area (Å²) >= 11 is 12.9. The number of pyridine rings is 1. The number of allylic oxidation sites excluding steroid dienone is 2. The summed E-state index contributed by atoms with van der Waals surface area (Å²) in [5.74, 6) is -0.543. The van der Waals surface area contributed by atoms with Crippen LogP contribution in [0.25, 0.3) is 10.9 Å². The van der Waals surface area contributed by atoms with Crippen LogP contribution in [0.1, 0.15) is 63.9 Å². The zero-order valence-electron chi connectivity index (χ0n) is 28.4. The molecule has 2 aromatic heterocycles. The zero-order valence-corrected chi connectivity index (χ0v) is 29.9. The molecule has 0 spiro atoms. The van der Waals surface area contributed by atoms with Crippen molar-refractivity contribution in [1.29, 1.82) is 5.26 Å². The van der Waals surface area contributed by atoms with Crippen LogP contribution in [0.3, 0.4) is 0 Å². The molecule has 1 aliphatic heterocycles. The molecule has 5 rings (SSSR count). The van der Waals surface area contributed by atoms with E-state index in [2.05, 4.69) is 64.2 Å². The van der Waals surface area contributed by atoms with Gasteiger partial charge in [-0.1, -0.05) is 53.2 Å². The summed E-state index contributed by atoms with van der Waals surface area (Å²) in [5, 5.41) is 26.8. The summed E-state index contributed by atoms with van der Waals surface area (Å²) in [5.41, 5.74) is 5.01. The number of nitrogens with one attached hydrogen (secondary N) is 2. The third-order valence-corrected chi connectivity index (χ3v) is 9.17. The molecular weight excluding hydrogens is 662 g/mol. The number of benzene rings is 2. The lowest BCUT2D eigenvalue weighted by atomic mass is 9.98. The van der Waals surface area contributed by atoms with Gasteiger partial charge in [0.2, 0.25) is 0 Å². The minimum absolute atomic E-state index is 0.0447. The molecular formula is C37H41Cl2FN8O. The Morgan fingerprint density at radius 1 is 1.18 bits per heavy atom. The summed E-state index contributed by atoms with van der Waals surface area (Å²) < 4.78 is 21.1. The normalized spacial score (nSPS) is 15.4. The summed E-state index contributed by atoms with van der Waals surface area (Å²) in [7, 11) is 1.66. The van der Waals surface area contributed by atoms with E-state index in [1.807, 2.05) is 42.1 Å². The summed E-state index contributed by atoms with van der Waals surface area (Å²) in [6.07, 6.45) is 11.2. The van der Waals surface area contributed by atoms with Crippen molar-refractivity contribution in [1.82, 2.24) is 24.9 Å². The fourth-order valence-electron chi connectivity index (χ4n) is 5.91. The van der Waals surface area contributed by atoms with Gasteiger partial charge in [0, 0.05) is 48.7 Å². The third kappa shape index (κ3) is 8.67. The molecule has 2 aromatic carbocycles. The van der Waals surface area contributed by atoms with Gasteiger partial charge in [-0.3, -0.25) is 9.88 Å². The largest absolute Gasteiger partial charge is 0.380 e. The Labute approximate surface area is 297 Å². The van der Waals surface area contributed by atoms with E-state index in [9.17, 15) is 9.65 Å². The van der Waals surface area contributed by atoms with Crippen LogP contribution in [-0.2, 0) is 4.74 Å². The van der Waals surface area contributed by atoms with Crippen LogP contribution in [0.15, 0.2) is 78.7 Å². The van der Waals surface area contributed by atoms with Crippen molar-refractivity contribution in [3.05, 3.63) is 106 Å². The van der Waals surface area contributed by atoms with Gasteiger partial charge in [-0.05, 0) is 82.0 Å². The minimum atomic E-state index is -0.543. The number of hydrogen-bond acceptors (Lipinski definition) is 8. The topological polar surface area (TPSA) is 104 Å². The first-order valence-corrected chi connectivity index (χ1v) is 16.8. The maximum absolute atomic E-state index is 13.9. The van der Waals surface area contributed by atoms with E-state index in [1.165, 1.54) is 18.3 Å². The number of nitrogens with zero attached hydrogens (tertiary/aromatic N) is 6. The number of ether oxygens (including phenoxy) is 1. The van der Waals surface area contributed by atoms with Gasteiger partial charge in [0.05, 0.1) is 51.7 Å². The zero-order chi connectivity index (χ0) is 35.3. The average molecular weight is 704 g/mol. The van der Waals surface area contributed by atoms with Crippen LogP contribution in [0, 0.1) is 17.1 Å². The average Bonchev–Trinajstić information content (AvgIpc) is 3.55. The second kappa shape index (κ2) is 15.5. The van der Waals surface area contributed by atoms with E-state index in [4.69, 9.17) is 27.9 Å². The SMILES string of the molecule is C=C(/C=C\C=C(/C)COC)[C@H](Nc1cc(Cl)c2ncc(C#N)c(Nc3ccc(F)c(Cl)c3)c2c1)c1cn(C2CCN(C(C)(C)C)CC2)nn1. The second-order valence-corrected chi connectivity index (χ2v) is 14.1. The molecule has 4 aromatic rings. The number of methoxy groups -OCH3 is 1. The Morgan fingerprint density at radius 2 is 1.92 bits per heavy atom. The first-order chi connectivity index (χ1) is 23.4. The van der Waals surface area contributed by atoms with Crippen molar-refractivity contribution in [3.63, 3.8) is 0 Å². The van der Waals surface area contributed by atoms with Crippen LogP contribution in [-0.4, -0.2) is 57.2 Å². The van der Waals surface area contributed by atoms with E-state index in [0.717, 1.165) is 37.1 Å². The van der Waals surface area contributed by atoms with Gasteiger partial charge in [0.1, 0.15) is 17.6 Å². The second-order valence-electron chi connectivity index (χ2n) is 13.2. The van der Waals surface area contributed by atoms with E-state index in [-0.39, 0.29) is 22.2 Å². The van der Waals surface area contributed by atoms with Gasteiger partial charge >= 0.3 is 0 Å². The number of halogens is 3. The molecule has 2 N–H and O–H groups in total. The Bertz CT molecular complexity index is 1930. The number of likely N-dealkylation sites (tertiary alicyclic amines) is 1. The smallest absolute Gasteiger partial charge is 0.141 e. The van der Waals surface area contributed by atoms with Crippen LogP contribution in [0.2, 0.25) is 10.0 Å². The number of rotatable bonds is 11. The van der Waals surface area contributed by atoms with Crippen molar-refractivity contribution in [2.45, 2.75) is 58.2 Å². The van der Waals surface area contributed by atoms with E-state index >= 15 is 0 Å². The molecule has 1 saturated heterocycles. The van der Waals surface area contributed by atoms with E-state index in [0.29, 0.717) is 45.3 Å². The number of nitriles is 1. The number of aromatic nitrogens is 4. The van der Waals surface area contributed by atoms with Crippen molar-refractivity contribution in [2.75, 3.05) is 37.4 Å². The highest BCUT2D eigenvalue weighted by Crippen LogP contribution is 2.37. The molecule has 0 unspecified atom stereocenters. The maximum atomic E-state index is 13.9. The first-order valence-electron chi connectivity index (χ1n) is 16.1. The molecule has 3 heterocycles. The number of piperidine rings is 1. The third-order valence-electron chi connectivity index (χ3n) is 8.59. The van der Waals surface area contributed by atoms with Gasteiger partial charge in [-0.25, -0.2) is 9.07 Å². The number of fused-ring (bicyclic) bond motifs is 1. The lowest BCUT2D eigenvalue weighted by Gasteiger charge is -2.40. The fraction of sp³-hybridized carbons (Fsp3) is 0.351. The van der Waals surface area contributed by atoms with Crippen molar-refractivity contribution < 1.29 is 9.13 Å². The maximum Gasteiger partial charge on any atom is 0.141 e. The van der Waals surface area contributed by atoms with Gasteiger partial charge in [0.25, 0.3) is 0 Å². The monoisotopic (exact) mass is 702 g/mol. The molecule has 1 atom stereocenters. The lowest BCUT2D eigenvalue weighted by Crippen LogP contribution is -2.46. The Balaban J connectivity index is 1.50. The molecule has 12 heteroatoms. The van der Waals surface area contributed by atoms with Gasteiger partial charge in [-0.15, -0.1) is 5.10 Å². The summed E-state index contributed by atoms with van der Waals surface area (Å²) in [4.78, 5) is 6.96. The highest BCUT2D eigenvalue weighted by Gasteiger charge is 2.29. The summed E-state index contributed by atoms with van der Waals surface area (Å²) in [6.45, 7) is 15.6. The molecule has 0 amide bonds. The molecule has 9 nitrogen and oxygen atoms in total. The molecule has 0 radical (unpaired) electrons. The number of hydrogen-bond donors (Lipinski definition) is 2. The van der Waals surface area contributed by atoms with Crippen molar-refractivity contribution in [2.24, 2.45) is 0 Å². The molecule has 1 fully saturated rings. The lowest BCUT2D eigenvalue weighted by molar-refractivity contribution is 0.0866. The highest BCUT2D eigenvalue weighted by atomic mass is 35.5. The van der Waals surface area contributed by atoms with Gasteiger partial charge in [-0.2, -0.15) is 5.26 Å².